The summed E-state index contributed by atoms with van der Waals surface area (Å²) in [6.45, 7) is 4.64. The molecule has 1 saturated carbocycles. The highest BCUT2D eigenvalue weighted by Gasteiger charge is 2.36. The zero-order valence-electron chi connectivity index (χ0n) is 11.8. The topological polar surface area (TPSA) is 45.5 Å². The van der Waals surface area contributed by atoms with Gasteiger partial charge in [0.2, 0.25) is 5.91 Å². The standard InChI is InChI=1S/C15H21ClN2O2/c1-10-9-18(15(19)11-2-3-11)7-6-13(10)17-8-12-4-5-14(16)20-12/h4-5,10-11,13,17H,2-3,6-9H2,1H3. The molecule has 5 heteroatoms. The normalized spacial score (nSPS) is 26.8. The van der Waals surface area contributed by atoms with Crippen LogP contribution in [0.3, 0.4) is 0 Å². The van der Waals surface area contributed by atoms with Crippen molar-refractivity contribution in [3.05, 3.63) is 23.1 Å². The highest BCUT2D eigenvalue weighted by atomic mass is 35.5. The number of nitrogens with zero attached hydrogens (tertiary/aromatic N) is 1. The molecule has 1 amide bonds. The number of hydrogen-bond donors (Lipinski definition) is 1. The zero-order valence-corrected chi connectivity index (χ0v) is 12.5. The number of carbonyl (C=O) groups is 1. The second-order valence-corrected chi connectivity index (χ2v) is 6.39. The van der Waals surface area contributed by atoms with E-state index in [1.165, 1.54) is 0 Å². The van der Waals surface area contributed by atoms with E-state index in [-0.39, 0.29) is 0 Å². The van der Waals surface area contributed by atoms with E-state index < -0.39 is 0 Å². The number of rotatable bonds is 4. The molecular formula is C15H21ClN2O2. The summed E-state index contributed by atoms with van der Waals surface area (Å²) in [6.07, 6.45) is 3.18. The molecule has 2 fully saturated rings. The predicted molar refractivity (Wildman–Crippen MR) is 77.4 cm³/mol. The van der Waals surface area contributed by atoms with Crippen molar-refractivity contribution in [1.82, 2.24) is 10.2 Å². The molecule has 2 heterocycles. The van der Waals surface area contributed by atoms with Gasteiger partial charge in [0.15, 0.2) is 5.22 Å². The minimum Gasteiger partial charge on any atom is -0.448 e. The van der Waals surface area contributed by atoms with E-state index >= 15 is 0 Å². The van der Waals surface area contributed by atoms with Crippen LogP contribution in [0.15, 0.2) is 16.5 Å². The van der Waals surface area contributed by atoms with Crippen LogP contribution in [0.2, 0.25) is 5.22 Å². The van der Waals surface area contributed by atoms with Gasteiger partial charge in [-0.2, -0.15) is 0 Å². The minimum absolute atomic E-state index is 0.331. The lowest BCUT2D eigenvalue weighted by Crippen LogP contribution is -2.50. The number of hydrogen-bond acceptors (Lipinski definition) is 3. The van der Waals surface area contributed by atoms with E-state index in [9.17, 15) is 4.79 Å². The van der Waals surface area contributed by atoms with Crippen LogP contribution in [0, 0.1) is 11.8 Å². The lowest BCUT2D eigenvalue weighted by molar-refractivity contribution is -0.134. The molecule has 0 radical (unpaired) electrons. The molecule has 0 bridgehead atoms. The maximum Gasteiger partial charge on any atom is 0.225 e. The van der Waals surface area contributed by atoms with Crippen molar-refractivity contribution >= 4 is 17.5 Å². The molecule has 3 rings (SSSR count). The van der Waals surface area contributed by atoms with Gasteiger partial charge in [-0.05, 0) is 48.9 Å². The number of furan rings is 1. The van der Waals surface area contributed by atoms with Crippen LogP contribution >= 0.6 is 11.6 Å². The van der Waals surface area contributed by atoms with Crippen molar-refractivity contribution in [2.75, 3.05) is 13.1 Å². The van der Waals surface area contributed by atoms with Gasteiger partial charge in [-0.25, -0.2) is 0 Å². The van der Waals surface area contributed by atoms with Crippen LogP contribution in [-0.2, 0) is 11.3 Å². The molecule has 110 valence electrons. The lowest BCUT2D eigenvalue weighted by atomic mass is 9.93. The highest BCUT2D eigenvalue weighted by molar-refractivity contribution is 6.28. The summed E-state index contributed by atoms with van der Waals surface area (Å²) in [5.74, 6) is 2.03. The summed E-state index contributed by atoms with van der Waals surface area (Å²) >= 11 is 5.76. The molecule has 0 spiro atoms. The van der Waals surface area contributed by atoms with Gasteiger partial charge in [0.05, 0.1) is 6.54 Å². The Hall–Kier alpha value is -1.00. The maximum absolute atomic E-state index is 12.1. The van der Waals surface area contributed by atoms with Gasteiger partial charge in [0, 0.05) is 25.0 Å². The largest absolute Gasteiger partial charge is 0.448 e. The molecule has 1 aromatic heterocycles. The summed E-state index contributed by atoms with van der Waals surface area (Å²) in [7, 11) is 0. The van der Waals surface area contributed by atoms with Crippen LogP contribution in [0.1, 0.15) is 31.9 Å². The third-order valence-corrected chi connectivity index (χ3v) is 4.51. The quantitative estimate of drug-likeness (QED) is 0.929. The molecule has 1 saturated heterocycles. The molecule has 4 nitrogen and oxygen atoms in total. The molecule has 2 atom stereocenters. The number of carbonyl (C=O) groups excluding carboxylic acids is 1. The summed E-state index contributed by atoms with van der Waals surface area (Å²) < 4.78 is 5.35. The van der Waals surface area contributed by atoms with Crippen LogP contribution < -0.4 is 5.32 Å². The molecular weight excluding hydrogens is 276 g/mol. The average molecular weight is 297 g/mol. The first-order valence-corrected chi connectivity index (χ1v) is 7.77. The van der Waals surface area contributed by atoms with Gasteiger partial charge < -0.3 is 14.6 Å². The molecule has 1 aliphatic heterocycles. The highest BCUT2D eigenvalue weighted by Crippen LogP contribution is 2.32. The van der Waals surface area contributed by atoms with E-state index in [1.54, 1.807) is 6.07 Å². The monoisotopic (exact) mass is 296 g/mol. The second kappa shape index (κ2) is 5.78. The minimum atomic E-state index is 0.331. The molecule has 1 aliphatic carbocycles. The first kappa shape index (κ1) is 14.0. The third kappa shape index (κ3) is 3.18. The van der Waals surface area contributed by atoms with Crippen LogP contribution in [0.25, 0.3) is 0 Å². The summed E-state index contributed by atoms with van der Waals surface area (Å²) in [4.78, 5) is 14.1. The average Bonchev–Trinajstić information content (AvgIpc) is 3.20. The first-order valence-electron chi connectivity index (χ1n) is 7.40. The SMILES string of the molecule is CC1CN(C(=O)C2CC2)CCC1NCc1ccc(Cl)o1. The summed E-state index contributed by atoms with van der Waals surface area (Å²) in [5, 5.41) is 3.95. The molecule has 0 aromatic carbocycles. The Bertz CT molecular complexity index is 484. The number of nitrogens with one attached hydrogen (secondary N) is 1. The number of piperidine rings is 1. The van der Waals surface area contributed by atoms with Gasteiger partial charge >= 0.3 is 0 Å². The number of likely N-dealkylation sites (tertiary alicyclic amines) is 1. The van der Waals surface area contributed by atoms with Gasteiger partial charge in [-0.3, -0.25) is 4.79 Å². The van der Waals surface area contributed by atoms with Gasteiger partial charge in [-0.1, -0.05) is 6.92 Å². The molecule has 2 aliphatic rings. The van der Waals surface area contributed by atoms with Gasteiger partial charge in [-0.15, -0.1) is 0 Å². The predicted octanol–water partition coefficient (Wildman–Crippen LogP) is 2.67. The number of amides is 1. The number of halogens is 1. The fraction of sp³-hybridized carbons (Fsp3) is 0.667. The Morgan fingerprint density at radius 1 is 1.45 bits per heavy atom. The Morgan fingerprint density at radius 3 is 2.85 bits per heavy atom. The second-order valence-electron chi connectivity index (χ2n) is 6.02. The van der Waals surface area contributed by atoms with Crippen LogP contribution in [-0.4, -0.2) is 29.9 Å². The Morgan fingerprint density at radius 2 is 2.25 bits per heavy atom. The van der Waals surface area contributed by atoms with Crippen LogP contribution in [0.4, 0.5) is 0 Å². The van der Waals surface area contributed by atoms with Crippen molar-refractivity contribution in [3.63, 3.8) is 0 Å². The lowest BCUT2D eigenvalue weighted by Gasteiger charge is -2.37. The summed E-state index contributed by atoms with van der Waals surface area (Å²) in [5.41, 5.74) is 0. The van der Waals surface area contributed by atoms with Crippen LogP contribution in [0.5, 0.6) is 0 Å². The van der Waals surface area contributed by atoms with Crippen molar-refractivity contribution in [2.24, 2.45) is 11.8 Å². The molecule has 1 N–H and O–H groups in total. The third-order valence-electron chi connectivity index (χ3n) is 4.31. The van der Waals surface area contributed by atoms with Gasteiger partial charge in [0.25, 0.3) is 0 Å². The van der Waals surface area contributed by atoms with Crippen molar-refractivity contribution in [3.8, 4) is 0 Å². The zero-order chi connectivity index (χ0) is 14.1. The van der Waals surface area contributed by atoms with E-state index in [4.69, 9.17) is 16.0 Å². The molecule has 2 unspecified atom stereocenters. The van der Waals surface area contributed by atoms with E-state index in [1.807, 2.05) is 11.0 Å². The maximum atomic E-state index is 12.1. The Labute approximate surface area is 124 Å². The van der Waals surface area contributed by atoms with E-state index in [0.717, 1.165) is 38.1 Å². The van der Waals surface area contributed by atoms with E-state index in [2.05, 4.69) is 12.2 Å². The summed E-state index contributed by atoms with van der Waals surface area (Å²) in [6, 6.07) is 4.09. The molecule has 1 aromatic rings. The Kier molecular flexibility index (Phi) is 4.03. The van der Waals surface area contributed by atoms with Crippen molar-refractivity contribution in [2.45, 2.75) is 38.8 Å². The van der Waals surface area contributed by atoms with E-state index in [0.29, 0.717) is 35.5 Å². The van der Waals surface area contributed by atoms with Gasteiger partial charge in [0.1, 0.15) is 5.76 Å². The smallest absolute Gasteiger partial charge is 0.225 e. The fourth-order valence-electron chi connectivity index (χ4n) is 2.92. The molecule has 20 heavy (non-hydrogen) atoms. The van der Waals surface area contributed by atoms with Crippen molar-refractivity contribution in [1.29, 1.82) is 0 Å². The van der Waals surface area contributed by atoms with Crippen molar-refractivity contribution < 1.29 is 9.21 Å². The Balaban J connectivity index is 1.48. The fourth-order valence-corrected chi connectivity index (χ4v) is 3.08. The first-order chi connectivity index (χ1) is 9.63.